The van der Waals surface area contributed by atoms with Crippen LogP contribution in [-0.2, 0) is 0 Å². The van der Waals surface area contributed by atoms with Gasteiger partial charge in [-0.15, -0.1) is 0 Å². The molecule has 0 amide bonds. The number of hydrogen-bond donors (Lipinski definition) is 1. The van der Waals surface area contributed by atoms with Crippen molar-refractivity contribution in [3.8, 4) is 5.75 Å². The molecule has 1 N–H and O–H groups in total. The molecule has 0 unspecified atom stereocenters. The summed E-state index contributed by atoms with van der Waals surface area (Å²) in [4.78, 5) is 7.95. The number of phenolic OH excluding ortho intramolecular Hbond substituents is 1. The summed E-state index contributed by atoms with van der Waals surface area (Å²) < 4.78 is 0. The van der Waals surface area contributed by atoms with E-state index in [1.165, 1.54) is 0 Å². The lowest BCUT2D eigenvalue weighted by Crippen LogP contribution is -1.66. The minimum Gasteiger partial charge on any atom is -0.506 e. The Morgan fingerprint density at radius 2 is 1.50 bits per heavy atom. The van der Waals surface area contributed by atoms with Crippen molar-refractivity contribution in [3.05, 3.63) is 54.6 Å². The molecule has 0 saturated carbocycles. The second-order valence-electron chi connectivity index (χ2n) is 3.15. The van der Waals surface area contributed by atoms with Gasteiger partial charge in [0.1, 0.15) is 17.4 Å². The maximum absolute atomic E-state index is 9.43. The van der Waals surface area contributed by atoms with E-state index < -0.39 is 0 Å². The molecule has 0 fully saturated rings. The van der Waals surface area contributed by atoms with E-state index in [1.807, 2.05) is 30.3 Å². The third-order valence-corrected chi connectivity index (χ3v) is 1.99. The number of hydrogen-bond acceptors (Lipinski definition) is 3. The summed E-state index contributed by atoms with van der Waals surface area (Å²) in [5.74, 6) is 0.123. The molecule has 0 spiro atoms. The van der Waals surface area contributed by atoms with Gasteiger partial charge in [0, 0.05) is 0 Å². The quantitative estimate of drug-likeness (QED) is 0.757. The van der Waals surface area contributed by atoms with Crippen molar-refractivity contribution in [2.45, 2.75) is 0 Å². The molecular formula is C13H10N2O. The van der Waals surface area contributed by atoms with E-state index in [4.69, 9.17) is 0 Å². The summed E-state index contributed by atoms with van der Waals surface area (Å²) in [6, 6.07) is 18.8. The first-order valence-corrected chi connectivity index (χ1v) is 4.86. The fourth-order valence-corrected chi connectivity index (χ4v) is 1.20. The van der Waals surface area contributed by atoms with Crippen molar-refractivity contribution in [2.75, 3.05) is 0 Å². The van der Waals surface area contributed by atoms with Gasteiger partial charge in [-0.1, -0.05) is 30.3 Å². The number of para-hydroxylation sites is 3. The van der Waals surface area contributed by atoms with Gasteiger partial charge in [0.05, 0.1) is 5.69 Å². The van der Waals surface area contributed by atoms with Gasteiger partial charge < -0.3 is 5.11 Å². The van der Waals surface area contributed by atoms with Crippen molar-refractivity contribution in [1.29, 1.82) is 0 Å². The van der Waals surface area contributed by atoms with Crippen molar-refractivity contribution in [2.24, 2.45) is 9.98 Å². The van der Waals surface area contributed by atoms with Crippen molar-refractivity contribution in [1.82, 2.24) is 0 Å². The lowest BCUT2D eigenvalue weighted by Gasteiger charge is -1.93. The maximum Gasteiger partial charge on any atom is 0.142 e. The zero-order valence-electron chi connectivity index (χ0n) is 8.54. The van der Waals surface area contributed by atoms with Crippen LogP contribution in [0.2, 0.25) is 0 Å². The van der Waals surface area contributed by atoms with Gasteiger partial charge in [-0.25, -0.2) is 0 Å². The highest BCUT2D eigenvalue weighted by molar-refractivity contribution is 5.61. The second-order valence-corrected chi connectivity index (χ2v) is 3.15. The molecule has 0 heterocycles. The molecule has 2 aromatic rings. The normalized spacial score (nSPS) is 9.25. The molecule has 3 nitrogen and oxygen atoms in total. The van der Waals surface area contributed by atoms with E-state index in [0.29, 0.717) is 5.69 Å². The van der Waals surface area contributed by atoms with Gasteiger partial charge in [0.2, 0.25) is 0 Å². The number of aromatic hydroxyl groups is 1. The molecule has 16 heavy (non-hydrogen) atoms. The van der Waals surface area contributed by atoms with Crippen LogP contribution in [0.5, 0.6) is 5.75 Å². The minimum absolute atomic E-state index is 0.123. The van der Waals surface area contributed by atoms with Crippen LogP contribution in [-0.4, -0.2) is 11.1 Å². The van der Waals surface area contributed by atoms with Crippen LogP contribution >= 0.6 is 0 Å². The molecule has 0 radical (unpaired) electrons. The Morgan fingerprint density at radius 1 is 0.812 bits per heavy atom. The average Bonchev–Trinajstić information content (AvgIpc) is 2.33. The van der Waals surface area contributed by atoms with E-state index in [9.17, 15) is 5.11 Å². The van der Waals surface area contributed by atoms with Gasteiger partial charge in [-0.3, -0.25) is 0 Å². The van der Waals surface area contributed by atoms with Gasteiger partial charge in [-0.05, 0) is 24.3 Å². The van der Waals surface area contributed by atoms with Gasteiger partial charge in [-0.2, -0.15) is 9.98 Å². The smallest absolute Gasteiger partial charge is 0.142 e. The first-order chi connectivity index (χ1) is 7.86. The van der Waals surface area contributed by atoms with E-state index in [-0.39, 0.29) is 5.75 Å². The standard InChI is InChI=1S/C13H10N2O/c16-13-9-5-4-8-12(13)15-10-14-11-6-2-1-3-7-11/h1-9,16H. The Morgan fingerprint density at radius 3 is 2.25 bits per heavy atom. The van der Waals surface area contributed by atoms with Gasteiger partial charge in [0.15, 0.2) is 0 Å². The van der Waals surface area contributed by atoms with Crippen LogP contribution < -0.4 is 0 Å². The second kappa shape index (κ2) is 4.91. The molecule has 0 bridgehead atoms. The van der Waals surface area contributed by atoms with E-state index in [0.717, 1.165) is 5.69 Å². The molecule has 0 aliphatic rings. The van der Waals surface area contributed by atoms with Crippen molar-refractivity contribution < 1.29 is 5.11 Å². The van der Waals surface area contributed by atoms with E-state index >= 15 is 0 Å². The van der Waals surface area contributed by atoms with Crippen LogP contribution in [0.3, 0.4) is 0 Å². The SMILES string of the molecule is Oc1ccccc1N=C=Nc1ccccc1. The highest BCUT2D eigenvalue weighted by Gasteiger charge is 1.93. The molecule has 2 aromatic carbocycles. The summed E-state index contributed by atoms with van der Waals surface area (Å²) in [7, 11) is 0. The molecule has 3 heteroatoms. The predicted octanol–water partition coefficient (Wildman–Crippen LogP) is 3.53. The maximum atomic E-state index is 9.43. The number of rotatable bonds is 2. The molecule has 0 aromatic heterocycles. The van der Waals surface area contributed by atoms with E-state index in [1.54, 1.807) is 24.3 Å². The van der Waals surface area contributed by atoms with Crippen LogP contribution in [0.4, 0.5) is 11.4 Å². The number of benzene rings is 2. The molecule has 78 valence electrons. The molecule has 0 aliphatic heterocycles. The Labute approximate surface area is 93.4 Å². The molecule has 0 saturated heterocycles. The number of nitrogens with zero attached hydrogens (tertiary/aromatic N) is 2. The van der Waals surface area contributed by atoms with Crippen LogP contribution in [0, 0.1) is 0 Å². The minimum atomic E-state index is 0.123. The zero-order chi connectivity index (χ0) is 11.2. The topological polar surface area (TPSA) is 45.0 Å². The summed E-state index contributed by atoms with van der Waals surface area (Å²) >= 11 is 0. The Hall–Kier alpha value is -2.38. The monoisotopic (exact) mass is 210 g/mol. The first-order valence-electron chi connectivity index (χ1n) is 4.86. The van der Waals surface area contributed by atoms with Crippen LogP contribution in [0.1, 0.15) is 0 Å². The molecule has 0 aliphatic carbocycles. The summed E-state index contributed by atoms with van der Waals surface area (Å²) in [6.07, 6.45) is 0. The molecule has 2 rings (SSSR count). The number of phenols is 1. The summed E-state index contributed by atoms with van der Waals surface area (Å²) in [6.45, 7) is 0. The molecule has 0 atom stereocenters. The Bertz CT molecular complexity index is 529. The van der Waals surface area contributed by atoms with Crippen molar-refractivity contribution in [3.63, 3.8) is 0 Å². The highest BCUT2D eigenvalue weighted by Crippen LogP contribution is 2.24. The molecular weight excluding hydrogens is 200 g/mol. The fraction of sp³-hybridized carbons (Fsp3) is 0. The fourth-order valence-electron chi connectivity index (χ4n) is 1.20. The lowest BCUT2D eigenvalue weighted by molar-refractivity contribution is 0.477. The average molecular weight is 210 g/mol. The highest BCUT2D eigenvalue weighted by atomic mass is 16.3. The summed E-state index contributed by atoms with van der Waals surface area (Å²) in [5.41, 5.74) is 1.24. The Balaban J connectivity index is 2.22. The third kappa shape index (κ3) is 2.56. The third-order valence-electron chi connectivity index (χ3n) is 1.99. The Kier molecular flexibility index (Phi) is 3.12. The van der Waals surface area contributed by atoms with E-state index in [2.05, 4.69) is 16.0 Å². The van der Waals surface area contributed by atoms with Crippen molar-refractivity contribution >= 4 is 17.4 Å². The van der Waals surface area contributed by atoms with Gasteiger partial charge in [0.25, 0.3) is 0 Å². The first kappa shape index (κ1) is 10.1. The number of aliphatic imine (C=N–C) groups is 2. The zero-order valence-corrected chi connectivity index (χ0v) is 8.54. The summed E-state index contributed by atoms with van der Waals surface area (Å²) in [5, 5.41) is 9.43. The largest absolute Gasteiger partial charge is 0.506 e. The lowest BCUT2D eigenvalue weighted by atomic mass is 10.3. The van der Waals surface area contributed by atoms with Crippen LogP contribution in [0.15, 0.2) is 64.6 Å². The van der Waals surface area contributed by atoms with Gasteiger partial charge >= 0.3 is 0 Å². The van der Waals surface area contributed by atoms with Crippen LogP contribution in [0.25, 0.3) is 0 Å². The predicted molar refractivity (Wildman–Crippen MR) is 63.7 cm³/mol.